The van der Waals surface area contributed by atoms with Crippen LogP contribution in [-0.4, -0.2) is 20.3 Å². The second kappa shape index (κ2) is 4.92. The molecule has 7 heteroatoms. The Morgan fingerprint density at radius 1 is 1.48 bits per heavy atom. The lowest BCUT2D eigenvalue weighted by Gasteiger charge is -2.21. The molecule has 0 saturated carbocycles. The number of imidazole rings is 1. The van der Waals surface area contributed by atoms with E-state index >= 15 is 0 Å². The summed E-state index contributed by atoms with van der Waals surface area (Å²) in [5, 5.41) is 6.12. The zero-order chi connectivity index (χ0) is 14.4. The van der Waals surface area contributed by atoms with E-state index < -0.39 is 0 Å². The van der Waals surface area contributed by atoms with Crippen molar-refractivity contribution in [2.45, 2.75) is 32.2 Å². The van der Waals surface area contributed by atoms with Gasteiger partial charge in [-0.1, -0.05) is 0 Å². The normalized spacial score (nSPS) is 17.9. The minimum atomic E-state index is -0.116. The van der Waals surface area contributed by atoms with E-state index in [1.807, 2.05) is 22.9 Å². The van der Waals surface area contributed by atoms with Gasteiger partial charge < -0.3 is 5.32 Å². The largest absolute Gasteiger partial charge is 0.342 e. The van der Waals surface area contributed by atoms with Gasteiger partial charge in [0.15, 0.2) is 4.96 Å². The molecule has 1 atom stereocenters. The Hall–Kier alpha value is -1.73. The van der Waals surface area contributed by atoms with E-state index in [2.05, 4.69) is 15.3 Å². The predicted molar refractivity (Wildman–Crippen MR) is 83.1 cm³/mol. The summed E-state index contributed by atoms with van der Waals surface area (Å²) in [6, 6.07) is 0.0194. The third kappa shape index (κ3) is 2.26. The quantitative estimate of drug-likeness (QED) is 0.790. The monoisotopic (exact) mass is 318 g/mol. The molecule has 3 aromatic heterocycles. The van der Waals surface area contributed by atoms with Crippen molar-refractivity contribution in [3.8, 4) is 0 Å². The van der Waals surface area contributed by atoms with Crippen LogP contribution in [-0.2, 0) is 6.42 Å². The molecule has 1 amide bonds. The Balaban J connectivity index is 1.58. The molecule has 0 unspecified atom stereocenters. The van der Waals surface area contributed by atoms with E-state index in [-0.39, 0.29) is 11.9 Å². The highest BCUT2D eigenvalue weighted by molar-refractivity contribution is 7.15. The average Bonchev–Trinajstić information content (AvgIpc) is 3.10. The molecule has 0 fully saturated rings. The van der Waals surface area contributed by atoms with E-state index in [0.717, 1.165) is 34.9 Å². The topological polar surface area (TPSA) is 59.3 Å². The van der Waals surface area contributed by atoms with Gasteiger partial charge in [0.25, 0.3) is 5.91 Å². The number of carbonyl (C=O) groups is 1. The molecular weight excluding hydrogens is 304 g/mol. The van der Waals surface area contributed by atoms with Gasteiger partial charge in [-0.2, -0.15) is 0 Å². The number of amides is 1. The highest BCUT2D eigenvalue weighted by Crippen LogP contribution is 2.33. The minimum Gasteiger partial charge on any atom is -0.342 e. The molecule has 1 N–H and O–H groups in total. The summed E-state index contributed by atoms with van der Waals surface area (Å²) in [6.45, 7) is 2.02. The summed E-state index contributed by atoms with van der Waals surface area (Å²) in [4.78, 5) is 23.5. The van der Waals surface area contributed by atoms with Gasteiger partial charge in [-0.15, -0.1) is 22.7 Å². The van der Waals surface area contributed by atoms with Crippen molar-refractivity contribution in [1.82, 2.24) is 19.7 Å². The fourth-order valence-electron chi connectivity index (χ4n) is 2.75. The number of thiazole rings is 2. The minimum absolute atomic E-state index is 0.0194. The Kier molecular flexibility index (Phi) is 3.04. The first kappa shape index (κ1) is 13.0. The van der Waals surface area contributed by atoms with Crippen LogP contribution >= 0.6 is 22.7 Å². The predicted octanol–water partition coefficient (Wildman–Crippen LogP) is 2.97. The Labute approximate surface area is 129 Å². The van der Waals surface area contributed by atoms with Crippen molar-refractivity contribution in [1.29, 1.82) is 0 Å². The van der Waals surface area contributed by atoms with Crippen LogP contribution in [0, 0.1) is 6.92 Å². The van der Waals surface area contributed by atoms with E-state index in [9.17, 15) is 4.79 Å². The second-order valence-electron chi connectivity index (χ2n) is 5.18. The van der Waals surface area contributed by atoms with Gasteiger partial charge in [-0.3, -0.25) is 9.20 Å². The molecule has 0 aliphatic heterocycles. The maximum absolute atomic E-state index is 12.4. The highest BCUT2D eigenvalue weighted by atomic mass is 32.1. The van der Waals surface area contributed by atoms with Crippen LogP contribution in [0.4, 0.5) is 0 Å². The number of hydrogen-bond acceptors (Lipinski definition) is 5. The molecule has 108 valence electrons. The molecule has 0 bridgehead atoms. The first-order valence-corrected chi connectivity index (χ1v) is 8.59. The smallest absolute Gasteiger partial charge is 0.272 e. The molecule has 1 aliphatic rings. The van der Waals surface area contributed by atoms with Gasteiger partial charge in [0.2, 0.25) is 0 Å². The van der Waals surface area contributed by atoms with Gasteiger partial charge in [0.05, 0.1) is 16.7 Å². The van der Waals surface area contributed by atoms with E-state index in [1.165, 1.54) is 16.2 Å². The average molecular weight is 318 g/mol. The fraction of sp³-hybridized carbons (Fsp3) is 0.357. The van der Waals surface area contributed by atoms with Crippen molar-refractivity contribution < 1.29 is 4.79 Å². The van der Waals surface area contributed by atoms with E-state index in [4.69, 9.17) is 0 Å². The number of fused-ring (bicyclic) bond motifs is 2. The highest BCUT2D eigenvalue weighted by Gasteiger charge is 2.26. The second-order valence-corrected chi connectivity index (χ2v) is 7.34. The van der Waals surface area contributed by atoms with Gasteiger partial charge in [-0.05, 0) is 26.2 Å². The standard InChI is InChI=1S/C14H14N4OS2/c1-8-15-12-9(3-2-4-11(12)21-8)16-13(19)10-7-18-5-6-20-14(18)17-10/h5-7,9H,2-4H2,1H3,(H,16,19)/t9-/m1/s1. The van der Waals surface area contributed by atoms with Crippen LogP contribution in [0.2, 0.25) is 0 Å². The molecule has 0 aromatic carbocycles. The van der Waals surface area contributed by atoms with Gasteiger partial charge in [0.1, 0.15) is 5.69 Å². The fourth-order valence-corrected chi connectivity index (χ4v) is 4.49. The molecule has 0 spiro atoms. The van der Waals surface area contributed by atoms with E-state index in [0.29, 0.717) is 5.69 Å². The lowest BCUT2D eigenvalue weighted by molar-refractivity contribution is 0.0927. The number of carbonyl (C=O) groups excluding carboxylic acids is 1. The summed E-state index contributed by atoms with van der Waals surface area (Å²) in [6.07, 6.45) is 6.80. The molecule has 0 radical (unpaired) electrons. The number of aromatic nitrogens is 3. The molecule has 1 aliphatic carbocycles. The zero-order valence-electron chi connectivity index (χ0n) is 11.5. The van der Waals surface area contributed by atoms with Crippen LogP contribution in [0.1, 0.15) is 45.0 Å². The number of rotatable bonds is 2. The van der Waals surface area contributed by atoms with Crippen LogP contribution < -0.4 is 5.32 Å². The third-order valence-electron chi connectivity index (χ3n) is 3.69. The maximum Gasteiger partial charge on any atom is 0.272 e. The van der Waals surface area contributed by atoms with Crippen molar-refractivity contribution in [2.75, 3.05) is 0 Å². The first-order chi connectivity index (χ1) is 10.2. The summed E-state index contributed by atoms with van der Waals surface area (Å²) in [5.74, 6) is -0.116. The Morgan fingerprint density at radius 2 is 2.38 bits per heavy atom. The molecule has 5 nitrogen and oxygen atoms in total. The molecule has 21 heavy (non-hydrogen) atoms. The van der Waals surface area contributed by atoms with Crippen LogP contribution in [0.15, 0.2) is 17.8 Å². The van der Waals surface area contributed by atoms with E-state index in [1.54, 1.807) is 17.5 Å². The summed E-state index contributed by atoms with van der Waals surface area (Å²) >= 11 is 3.27. The third-order valence-corrected chi connectivity index (χ3v) is 5.51. The molecule has 3 aromatic rings. The number of hydrogen-bond donors (Lipinski definition) is 1. The molecule has 4 rings (SSSR count). The lowest BCUT2D eigenvalue weighted by Crippen LogP contribution is -2.31. The van der Waals surface area contributed by atoms with Crippen LogP contribution in [0.25, 0.3) is 4.96 Å². The van der Waals surface area contributed by atoms with Gasteiger partial charge >= 0.3 is 0 Å². The van der Waals surface area contributed by atoms with Gasteiger partial charge in [0, 0.05) is 22.7 Å². The molecular formula is C14H14N4OS2. The Bertz CT molecular complexity index is 788. The maximum atomic E-state index is 12.4. The molecule has 0 saturated heterocycles. The van der Waals surface area contributed by atoms with Crippen molar-refractivity contribution >= 4 is 33.5 Å². The summed E-state index contributed by atoms with van der Waals surface area (Å²) in [7, 11) is 0. The van der Waals surface area contributed by atoms with Crippen molar-refractivity contribution in [3.05, 3.63) is 39.0 Å². The summed E-state index contributed by atoms with van der Waals surface area (Å²) in [5.41, 5.74) is 1.53. The SMILES string of the molecule is Cc1nc2c(s1)CCC[C@H]2NC(=O)c1cn2ccsc2n1. The first-order valence-electron chi connectivity index (χ1n) is 6.90. The van der Waals surface area contributed by atoms with Gasteiger partial charge in [-0.25, -0.2) is 9.97 Å². The van der Waals surface area contributed by atoms with Crippen LogP contribution in [0.5, 0.6) is 0 Å². The van der Waals surface area contributed by atoms with Crippen LogP contribution in [0.3, 0.4) is 0 Å². The zero-order valence-corrected chi connectivity index (χ0v) is 13.1. The van der Waals surface area contributed by atoms with Crippen molar-refractivity contribution in [2.24, 2.45) is 0 Å². The lowest BCUT2D eigenvalue weighted by atomic mass is 9.97. The molecule has 3 heterocycles. The number of nitrogens with one attached hydrogen (secondary N) is 1. The van der Waals surface area contributed by atoms with Crippen molar-refractivity contribution in [3.63, 3.8) is 0 Å². The Morgan fingerprint density at radius 3 is 3.24 bits per heavy atom. The number of aryl methyl sites for hydroxylation is 2. The summed E-state index contributed by atoms with van der Waals surface area (Å²) < 4.78 is 1.87. The number of nitrogens with zero attached hydrogens (tertiary/aromatic N) is 3.